The zero-order valence-electron chi connectivity index (χ0n) is 8.49. The number of ether oxygens (including phenoxy) is 1. The molecule has 1 rings (SSSR count). The summed E-state index contributed by atoms with van der Waals surface area (Å²) >= 11 is 0. The quantitative estimate of drug-likeness (QED) is 0.565. The smallest absolute Gasteiger partial charge is 0.357 e. The highest BCUT2D eigenvalue weighted by Gasteiger charge is 2.10. The minimum Gasteiger partial charge on any atom is -0.464 e. The zero-order valence-corrected chi connectivity index (χ0v) is 8.49. The SMILES string of the molecule is COC(=O)c1ncccc1C#CCCN. The molecule has 1 heterocycles. The van der Waals surface area contributed by atoms with Crippen LogP contribution in [0, 0.1) is 11.8 Å². The average Bonchev–Trinajstić information content (AvgIpc) is 2.29. The molecule has 0 atom stereocenters. The molecule has 15 heavy (non-hydrogen) atoms. The number of hydrogen-bond acceptors (Lipinski definition) is 4. The van der Waals surface area contributed by atoms with Gasteiger partial charge in [-0.25, -0.2) is 9.78 Å². The van der Waals surface area contributed by atoms with Crippen molar-refractivity contribution in [2.75, 3.05) is 13.7 Å². The van der Waals surface area contributed by atoms with Crippen LogP contribution < -0.4 is 5.73 Å². The largest absolute Gasteiger partial charge is 0.464 e. The number of carbonyl (C=O) groups excluding carboxylic acids is 1. The Morgan fingerprint density at radius 1 is 1.67 bits per heavy atom. The highest BCUT2D eigenvalue weighted by Crippen LogP contribution is 2.04. The number of esters is 1. The van der Waals surface area contributed by atoms with E-state index in [-0.39, 0.29) is 5.69 Å². The lowest BCUT2D eigenvalue weighted by atomic mass is 10.2. The Hall–Kier alpha value is -1.86. The van der Waals surface area contributed by atoms with E-state index in [9.17, 15) is 4.79 Å². The summed E-state index contributed by atoms with van der Waals surface area (Å²) in [6, 6.07) is 3.45. The van der Waals surface area contributed by atoms with Gasteiger partial charge in [0.05, 0.1) is 12.7 Å². The van der Waals surface area contributed by atoms with Crippen molar-refractivity contribution >= 4 is 5.97 Å². The van der Waals surface area contributed by atoms with Gasteiger partial charge >= 0.3 is 5.97 Å². The molecule has 4 heteroatoms. The molecular formula is C11H12N2O2. The molecular weight excluding hydrogens is 192 g/mol. The molecule has 0 saturated carbocycles. The fraction of sp³-hybridized carbons (Fsp3) is 0.273. The normalized spacial score (nSPS) is 8.93. The molecule has 0 unspecified atom stereocenters. The highest BCUT2D eigenvalue weighted by atomic mass is 16.5. The number of methoxy groups -OCH3 is 1. The van der Waals surface area contributed by atoms with Gasteiger partial charge in [0.25, 0.3) is 0 Å². The van der Waals surface area contributed by atoms with Crippen LogP contribution >= 0.6 is 0 Å². The minimum atomic E-state index is -0.479. The topological polar surface area (TPSA) is 65.2 Å². The van der Waals surface area contributed by atoms with E-state index in [2.05, 4.69) is 21.6 Å². The maximum atomic E-state index is 11.3. The lowest BCUT2D eigenvalue weighted by Crippen LogP contribution is -2.06. The Morgan fingerprint density at radius 2 is 2.47 bits per heavy atom. The second kappa shape index (κ2) is 5.78. The summed E-state index contributed by atoms with van der Waals surface area (Å²) in [4.78, 5) is 15.2. The Kier molecular flexibility index (Phi) is 4.32. The Balaban J connectivity index is 2.98. The molecule has 0 radical (unpaired) electrons. The number of hydrogen-bond donors (Lipinski definition) is 1. The summed E-state index contributed by atoms with van der Waals surface area (Å²) in [5, 5.41) is 0. The zero-order chi connectivity index (χ0) is 11.1. The van der Waals surface area contributed by atoms with Crippen LogP contribution in [-0.4, -0.2) is 24.6 Å². The summed E-state index contributed by atoms with van der Waals surface area (Å²) in [6.45, 7) is 0.501. The first-order valence-corrected chi connectivity index (χ1v) is 4.52. The van der Waals surface area contributed by atoms with Gasteiger partial charge in [0, 0.05) is 19.2 Å². The number of rotatable bonds is 2. The third-order valence-corrected chi connectivity index (χ3v) is 1.68. The van der Waals surface area contributed by atoms with Crippen molar-refractivity contribution in [1.29, 1.82) is 0 Å². The van der Waals surface area contributed by atoms with Gasteiger partial charge in [-0.05, 0) is 12.1 Å². The van der Waals surface area contributed by atoms with Crippen molar-refractivity contribution in [2.24, 2.45) is 5.73 Å². The maximum Gasteiger partial charge on any atom is 0.357 e. The Morgan fingerprint density at radius 3 is 3.13 bits per heavy atom. The van der Waals surface area contributed by atoms with E-state index in [1.54, 1.807) is 12.1 Å². The standard InChI is InChI=1S/C11H12N2O2/c1-15-11(14)10-9(5-2-3-7-12)6-4-8-13-10/h4,6,8H,3,7,12H2,1H3. The van der Waals surface area contributed by atoms with E-state index in [0.717, 1.165) is 0 Å². The van der Waals surface area contributed by atoms with Crippen LogP contribution in [0.4, 0.5) is 0 Å². The molecule has 0 saturated heterocycles. The molecule has 0 fully saturated rings. The van der Waals surface area contributed by atoms with E-state index in [1.807, 2.05) is 0 Å². The molecule has 0 spiro atoms. The van der Waals surface area contributed by atoms with Crippen LogP contribution in [0.3, 0.4) is 0 Å². The third-order valence-electron chi connectivity index (χ3n) is 1.68. The first-order valence-electron chi connectivity index (χ1n) is 4.52. The van der Waals surface area contributed by atoms with Crippen molar-refractivity contribution in [3.05, 3.63) is 29.6 Å². The summed E-state index contributed by atoms with van der Waals surface area (Å²) in [5.41, 5.74) is 6.11. The molecule has 0 aromatic carbocycles. The number of aromatic nitrogens is 1. The van der Waals surface area contributed by atoms with E-state index in [1.165, 1.54) is 13.3 Å². The molecule has 0 amide bonds. The molecule has 4 nitrogen and oxygen atoms in total. The summed E-state index contributed by atoms with van der Waals surface area (Å²) in [5.74, 6) is 5.20. The first kappa shape index (κ1) is 11.2. The summed E-state index contributed by atoms with van der Waals surface area (Å²) in [7, 11) is 1.31. The molecule has 78 valence electrons. The van der Waals surface area contributed by atoms with Gasteiger partial charge in [0.2, 0.25) is 0 Å². The van der Waals surface area contributed by atoms with Crippen LogP contribution in [0.25, 0.3) is 0 Å². The van der Waals surface area contributed by atoms with Crippen LogP contribution in [0.1, 0.15) is 22.5 Å². The van der Waals surface area contributed by atoms with E-state index in [4.69, 9.17) is 5.73 Å². The molecule has 0 aliphatic rings. The van der Waals surface area contributed by atoms with Crippen LogP contribution in [-0.2, 0) is 4.74 Å². The van der Waals surface area contributed by atoms with Crippen LogP contribution in [0.15, 0.2) is 18.3 Å². The van der Waals surface area contributed by atoms with Crippen molar-refractivity contribution in [1.82, 2.24) is 4.98 Å². The maximum absolute atomic E-state index is 11.3. The van der Waals surface area contributed by atoms with Gasteiger partial charge in [-0.1, -0.05) is 11.8 Å². The predicted octanol–water partition coefficient (Wildman–Crippen LogP) is 0.569. The molecule has 2 N–H and O–H groups in total. The van der Waals surface area contributed by atoms with Gasteiger partial charge in [-0.2, -0.15) is 0 Å². The predicted molar refractivity (Wildman–Crippen MR) is 56.1 cm³/mol. The Bertz CT molecular complexity index is 405. The monoisotopic (exact) mass is 204 g/mol. The summed E-state index contributed by atoms with van der Waals surface area (Å²) < 4.78 is 4.59. The van der Waals surface area contributed by atoms with Crippen molar-refractivity contribution in [2.45, 2.75) is 6.42 Å². The number of nitrogens with two attached hydrogens (primary N) is 1. The first-order chi connectivity index (χ1) is 7.29. The third kappa shape index (κ3) is 3.08. The van der Waals surface area contributed by atoms with Gasteiger partial charge in [-0.15, -0.1) is 0 Å². The average molecular weight is 204 g/mol. The van der Waals surface area contributed by atoms with Gasteiger partial charge in [-0.3, -0.25) is 0 Å². The molecule has 1 aromatic rings. The molecule has 0 aliphatic heterocycles. The fourth-order valence-electron chi connectivity index (χ4n) is 0.995. The number of pyridine rings is 1. The van der Waals surface area contributed by atoms with Gasteiger partial charge < -0.3 is 10.5 Å². The minimum absolute atomic E-state index is 0.240. The highest BCUT2D eigenvalue weighted by molar-refractivity contribution is 5.89. The van der Waals surface area contributed by atoms with E-state index in [0.29, 0.717) is 18.5 Å². The second-order valence-electron chi connectivity index (χ2n) is 2.73. The van der Waals surface area contributed by atoms with Crippen molar-refractivity contribution < 1.29 is 9.53 Å². The molecule has 0 bridgehead atoms. The lowest BCUT2D eigenvalue weighted by molar-refractivity contribution is 0.0593. The van der Waals surface area contributed by atoms with Crippen LogP contribution in [0.5, 0.6) is 0 Å². The van der Waals surface area contributed by atoms with Crippen LogP contribution in [0.2, 0.25) is 0 Å². The second-order valence-corrected chi connectivity index (χ2v) is 2.73. The molecule has 0 aliphatic carbocycles. The number of nitrogens with zero attached hydrogens (tertiary/aromatic N) is 1. The van der Waals surface area contributed by atoms with Crippen molar-refractivity contribution in [3.8, 4) is 11.8 Å². The van der Waals surface area contributed by atoms with Gasteiger partial charge in [0.1, 0.15) is 0 Å². The fourth-order valence-corrected chi connectivity index (χ4v) is 0.995. The Labute approximate surface area is 88.5 Å². The van der Waals surface area contributed by atoms with E-state index < -0.39 is 5.97 Å². The van der Waals surface area contributed by atoms with Crippen molar-refractivity contribution in [3.63, 3.8) is 0 Å². The van der Waals surface area contributed by atoms with E-state index >= 15 is 0 Å². The number of carbonyl (C=O) groups is 1. The molecule has 1 aromatic heterocycles. The van der Waals surface area contributed by atoms with Gasteiger partial charge in [0.15, 0.2) is 5.69 Å². The summed E-state index contributed by atoms with van der Waals surface area (Å²) in [6.07, 6.45) is 2.12. The lowest BCUT2D eigenvalue weighted by Gasteiger charge is -1.99.